The Labute approximate surface area is 114 Å². The number of aryl methyl sites for hydroxylation is 1. The Hall–Kier alpha value is -1.52. The SMILES string of the molecule is CC(C)=CCCC(C)c1ccc(C)c(N(O)O)c1[O-]. The third-order valence-corrected chi connectivity index (χ3v) is 3.25. The standard InChI is InChI=1S/C15H23NO3/c1-10(2)6-5-7-11(3)13-9-8-12(4)14(15(13)17)16(18)19/h6,8-9,11,17-19H,5,7H2,1-4H3/p-1. The van der Waals surface area contributed by atoms with E-state index in [-0.39, 0.29) is 22.6 Å². The van der Waals surface area contributed by atoms with Crippen molar-refractivity contribution < 1.29 is 15.5 Å². The predicted molar refractivity (Wildman–Crippen MR) is 73.8 cm³/mol. The van der Waals surface area contributed by atoms with Crippen LogP contribution in [0, 0.1) is 6.92 Å². The average Bonchev–Trinajstić information content (AvgIpc) is 2.27. The van der Waals surface area contributed by atoms with E-state index in [9.17, 15) is 5.11 Å². The van der Waals surface area contributed by atoms with Gasteiger partial charge in [0, 0.05) is 0 Å². The molecule has 1 aromatic rings. The fraction of sp³-hybridized carbons (Fsp3) is 0.467. The summed E-state index contributed by atoms with van der Waals surface area (Å²) in [5, 5.41) is 30.4. The molecule has 0 spiro atoms. The molecule has 0 saturated heterocycles. The molecule has 0 aliphatic heterocycles. The first-order valence-electron chi connectivity index (χ1n) is 6.46. The largest absolute Gasteiger partial charge is 0.871 e. The summed E-state index contributed by atoms with van der Waals surface area (Å²) in [5.74, 6) is -0.225. The van der Waals surface area contributed by atoms with E-state index >= 15 is 0 Å². The second kappa shape index (κ2) is 6.59. The van der Waals surface area contributed by atoms with Crippen LogP contribution >= 0.6 is 0 Å². The Morgan fingerprint density at radius 3 is 2.53 bits per heavy atom. The van der Waals surface area contributed by atoms with E-state index < -0.39 is 0 Å². The minimum atomic E-state index is -0.310. The molecule has 4 nitrogen and oxygen atoms in total. The summed E-state index contributed by atoms with van der Waals surface area (Å²) in [6.45, 7) is 7.74. The van der Waals surface area contributed by atoms with Crippen LogP contribution in [0.5, 0.6) is 5.75 Å². The minimum absolute atomic E-state index is 0.0634. The Balaban J connectivity index is 2.95. The molecule has 0 heterocycles. The molecule has 2 N–H and O–H groups in total. The van der Waals surface area contributed by atoms with Gasteiger partial charge in [-0.15, -0.1) is 5.23 Å². The van der Waals surface area contributed by atoms with Crippen LogP contribution in [0.2, 0.25) is 0 Å². The smallest absolute Gasteiger partial charge is 0.0896 e. The second-order valence-corrected chi connectivity index (χ2v) is 5.20. The summed E-state index contributed by atoms with van der Waals surface area (Å²) in [6, 6.07) is 3.51. The maximum absolute atomic E-state index is 12.2. The van der Waals surface area contributed by atoms with Crippen LogP contribution in [0.25, 0.3) is 0 Å². The number of allylic oxidation sites excluding steroid dienone is 2. The van der Waals surface area contributed by atoms with E-state index in [4.69, 9.17) is 10.4 Å². The molecule has 1 aromatic carbocycles. The zero-order chi connectivity index (χ0) is 14.6. The van der Waals surface area contributed by atoms with Crippen molar-refractivity contribution in [1.82, 2.24) is 0 Å². The number of anilines is 1. The van der Waals surface area contributed by atoms with Crippen molar-refractivity contribution >= 4 is 5.69 Å². The summed E-state index contributed by atoms with van der Waals surface area (Å²) in [7, 11) is 0. The highest BCUT2D eigenvalue weighted by molar-refractivity contribution is 5.63. The Morgan fingerprint density at radius 2 is 2.00 bits per heavy atom. The summed E-state index contributed by atoms with van der Waals surface area (Å²) in [4.78, 5) is 0. The molecule has 0 fully saturated rings. The molecule has 19 heavy (non-hydrogen) atoms. The minimum Gasteiger partial charge on any atom is -0.871 e. The van der Waals surface area contributed by atoms with Crippen LogP contribution in [0.3, 0.4) is 0 Å². The van der Waals surface area contributed by atoms with Crippen LogP contribution in [0.15, 0.2) is 23.8 Å². The van der Waals surface area contributed by atoms with E-state index in [1.807, 2.05) is 20.8 Å². The van der Waals surface area contributed by atoms with Crippen LogP contribution in [-0.2, 0) is 0 Å². The predicted octanol–water partition coefficient (Wildman–Crippen LogP) is 3.50. The highest BCUT2D eigenvalue weighted by Gasteiger charge is 2.12. The first kappa shape index (κ1) is 15.5. The molecule has 1 atom stereocenters. The van der Waals surface area contributed by atoms with Crippen molar-refractivity contribution in [1.29, 1.82) is 0 Å². The molecule has 0 aliphatic carbocycles. The number of nitrogens with zero attached hydrogens (tertiary/aromatic N) is 1. The van der Waals surface area contributed by atoms with E-state index in [2.05, 4.69) is 6.08 Å². The Kier molecular flexibility index (Phi) is 5.39. The first-order chi connectivity index (χ1) is 8.84. The van der Waals surface area contributed by atoms with Crippen LogP contribution in [0.1, 0.15) is 50.7 Å². The van der Waals surface area contributed by atoms with E-state index in [0.717, 1.165) is 12.8 Å². The van der Waals surface area contributed by atoms with Crippen molar-refractivity contribution in [3.8, 4) is 5.75 Å². The fourth-order valence-corrected chi connectivity index (χ4v) is 2.10. The van der Waals surface area contributed by atoms with Gasteiger partial charge in [-0.2, -0.15) is 0 Å². The molecular weight excluding hydrogens is 242 g/mol. The normalized spacial score (nSPS) is 12.1. The summed E-state index contributed by atoms with van der Waals surface area (Å²) in [5.41, 5.74) is 2.37. The van der Waals surface area contributed by atoms with Crippen LogP contribution in [0.4, 0.5) is 5.69 Å². The molecule has 4 heteroatoms. The summed E-state index contributed by atoms with van der Waals surface area (Å²) >= 11 is 0. The van der Waals surface area contributed by atoms with Gasteiger partial charge in [-0.1, -0.05) is 42.0 Å². The van der Waals surface area contributed by atoms with Crippen molar-refractivity contribution in [3.63, 3.8) is 0 Å². The van der Waals surface area contributed by atoms with Gasteiger partial charge in [0.1, 0.15) is 0 Å². The molecule has 1 unspecified atom stereocenters. The molecule has 0 amide bonds. The molecule has 0 bridgehead atoms. The first-order valence-corrected chi connectivity index (χ1v) is 6.46. The molecule has 0 saturated carbocycles. The maximum atomic E-state index is 12.2. The van der Waals surface area contributed by atoms with Gasteiger partial charge in [0.25, 0.3) is 0 Å². The topological polar surface area (TPSA) is 66.8 Å². The molecule has 0 radical (unpaired) electrons. The van der Waals surface area contributed by atoms with E-state index in [0.29, 0.717) is 11.1 Å². The number of rotatable bonds is 5. The summed E-state index contributed by atoms with van der Waals surface area (Å²) in [6.07, 6.45) is 3.91. The second-order valence-electron chi connectivity index (χ2n) is 5.20. The van der Waals surface area contributed by atoms with Gasteiger partial charge < -0.3 is 5.11 Å². The van der Waals surface area contributed by atoms with Gasteiger partial charge >= 0.3 is 0 Å². The van der Waals surface area contributed by atoms with Crippen molar-refractivity contribution in [2.24, 2.45) is 0 Å². The number of hydrogen-bond acceptors (Lipinski definition) is 4. The van der Waals surface area contributed by atoms with Crippen LogP contribution < -0.4 is 10.3 Å². The highest BCUT2D eigenvalue weighted by Crippen LogP contribution is 2.36. The summed E-state index contributed by atoms with van der Waals surface area (Å²) < 4.78 is 0. The lowest BCUT2D eigenvalue weighted by atomic mass is 9.93. The zero-order valence-corrected chi connectivity index (χ0v) is 12.0. The van der Waals surface area contributed by atoms with Gasteiger partial charge in [-0.05, 0) is 45.1 Å². The number of hydrogen-bond donors (Lipinski definition) is 2. The molecule has 0 aromatic heterocycles. The van der Waals surface area contributed by atoms with Gasteiger partial charge in [0.05, 0.1) is 5.69 Å². The van der Waals surface area contributed by atoms with Crippen molar-refractivity contribution in [3.05, 3.63) is 34.9 Å². The van der Waals surface area contributed by atoms with Gasteiger partial charge in [0.15, 0.2) is 0 Å². The third kappa shape index (κ3) is 3.98. The Bertz CT molecular complexity index is 463. The lowest BCUT2D eigenvalue weighted by molar-refractivity contribution is -0.270. The number of benzene rings is 1. The average molecular weight is 264 g/mol. The lowest BCUT2D eigenvalue weighted by Crippen LogP contribution is -2.16. The lowest BCUT2D eigenvalue weighted by Gasteiger charge is -2.26. The van der Waals surface area contributed by atoms with Crippen LogP contribution in [-0.4, -0.2) is 10.4 Å². The monoisotopic (exact) mass is 264 g/mol. The third-order valence-electron chi connectivity index (χ3n) is 3.25. The molecule has 0 aliphatic rings. The van der Waals surface area contributed by atoms with E-state index in [1.54, 1.807) is 19.1 Å². The zero-order valence-electron chi connectivity index (χ0n) is 12.0. The highest BCUT2D eigenvalue weighted by atomic mass is 16.8. The fourth-order valence-electron chi connectivity index (χ4n) is 2.10. The van der Waals surface area contributed by atoms with Gasteiger partial charge in [-0.25, -0.2) is 0 Å². The van der Waals surface area contributed by atoms with Crippen molar-refractivity contribution in [2.75, 3.05) is 5.23 Å². The molecular formula is C15H22NO3-. The van der Waals surface area contributed by atoms with Crippen molar-refractivity contribution in [2.45, 2.75) is 46.5 Å². The van der Waals surface area contributed by atoms with Gasteiger partial charge in [-0.3, -0.25) is 10.4 Å². The molecule has 1 rings (SSSR count). The molecule has 106 valence electrons. The van der Waals surface area contributed by atoms with E-state index in [1.165, 1.54) is 5.57 Å². The Morgan fingerprint density at radius 1 is 1.37 bits per heavy atom. The maximum Gasteiger partial charge on any atom is 0.0896 e. The quantitative estimate of drug-likeness (QED) is 0.631. The van der Waals surface area contributed by atoms with Gasteiger partial charge in [0.2, 0.25) is 0 Å².